The Morgan fingerprint density at radius 2 is 2.04 bits per heavy atom. The molecule has 1 saturated heterocycles. The van der Waals surface area contributed by atoms with Crippen LogP contribution in [0.2, 0.25) is 5.02 Å². The fourth-order valence-electron chi connectivity index (χ4n) is 3.40. The highest BCUT2D eigenvalue weighted by atomic mass is 35.5. The van der Waals surface area contributed by atoms with Crippen molar-refractivity contribution in [1.29, 1.82) is 0 Å². The maximum atomic E-state index is 12.6. The van der Waals surface area contributed by atoms with Gasteiger partial charge in [0.2, 0.25) is 0 Å². The SMILES string of the molecule is Cc1ccccc1C(=O)Nc1cc(N2CCCCC2C)c(N)cc1Cl. The number of benzene rings is 2. The molecule has 5 heteroatoms. The molecule has 1 fully saturated rings. The van der Waals surface area contributed by atoms with Gasteiger partial charge in [0, 0.05) is 18.2 Å². The van der Waals surface area contributed by atoms with E-state index in [2.05, 4.69) is 17.1 Å². The van der Waals surface area contributed by atoms with E-state index in [0.717, 1.165) is 30.6 Å². The molecule has 2 aromatic rings. The van der Waals surface area contributed by atoms with Crippen LogP contribution in [0.3, 0.4) is 0 Å². The summed E-state index contributed by atoms with van der Waals surface area (Å²) in [4.78, 5) is 14.9. The fourth-order valence-corrected chi connectivity index (χ4v) is 3.61. The zero-order chi connectivity index (χ0) is 18.0. The van der Waals surface area contributed by atoms with Crippen molar-refractivity contribution in [2.75, 3.05) is 22.5 Å². The number of hydrogen-bond acceptors (Lipinski definition) is 3. The first-order valence-corrected chi connectivity index (χ1v) is 9.08. The second-order valence-electron chi connectivity index (χ2n) is 6.70. The molecular weight excluding hydrogens is 334 g/mol. The monoisotopic (exact) mass is 357 g/mol. The average molecular weight is 358 g/mol. The van der Waals surface area contributed by atoms with Crippen LogP contribution in [0.4, 0.5) is 17.1 Å². The first-order valence-electron chi connectivity index (χ1n) is 8.70. The third-order valence-corrected chi connectivity index (χ3v) is 5.18. The molecule has 2 aromatic carbocycles. The maximum Gasteiger partial charge on any atom is 0.255 e. The number of aryl methyl sites for hydroxylation is 1. The Labute approximate surface area is 154 Å². The number of carbonyl (C=O) groups excluding carboxylic acids is 1. The molecule has 1 heterocycles. The van der Waals surface area contributed by atoms with Crippen LogP contribution in [0.1, 0.15) is 42.1 Å². The van der Waals surface area contributed by atoms with E-state index in [4.69, 9.17) is 17.3 Å². The van der Waals surface area contributed by atoms with Gasteiger partial charge >= 0.3 is 0 Å². The Balaban J connectivity index is 1.90. The number of nitrogens with zero attached hydrogens (tertiary/aromatic N) is 1. The molecule has 1 aliphatic heterocycles. The molecule has 1 aliphatic rings. The molecule has 0 saturated carbocycles. The van der Waals surface area contributed by atoms with Gasteiger partial charge in [0.25, 0.3) is 5.91 Å². The highest BCUT2D eigenvalue weighted by Crippen LogP contribution is 2.36. The molecule has 25 heavy (non-hydrogen) atoms. The standard InChI is InChI=1S/C20H24ClN3O/c1-13-7-3-4-9-15(13)20(25)23-18-12-19(17(22)11-16(18)21)24-10-6-5-8-14(24)2/h3-4,7,9,11-12,14H,5-6,8,10,22H2,1-2H3,(H,23,25). The van der Waals surface area contributed by atoms with Gasteiger partial charge in [-0.15, -0.1) is 0 Å². The lowest BCUT2D eigenvalue weighted by atomic mass is 10.0. The molecule has 0 bridgehead atoms. The van der Waals surface area contributed by atoms with Crippen LogP contribution in [0.15, 0.2) is 36.4 Å². The number of amides is 1. The van der Waals surface area contributed by atoms with E-state index >= 15 is 0 Å². The van der Waals surface area contributed by atoms with Crippen molar-refractivity contribution in [2.24, 2.45) is 0 Å². The van der Waals surface area contributed by atoms with Crippen molar-refractivity contribution >= 4 is 34.6 Å². The van der Waals surface area contributed by atoms with E-state index in [0.29, 0.717) is 28.0 Å². The number of hydrogen-bond donors (Lipinski definition) is 2. The lowest BCUT2D eigenvalue weighted by molar-refractivity contribution is 0.102. The van der Waals surface area contributed by atoms with Crippen molar-refractivity contribution < 1.29 is 4.79 Å². The lowest BCUT2D eigenvalue weighted by Crippen LogP contribution is -2.37. The molecule has 3 rings (SSSR count). The van der Waals surface area contributed by atoms with Crippen LogP contribution in [0.25, 0.3) is 0 Å². The molecule has 0 aromatic heterocycles. The average Bonchev–Trinajstić information content (AvgIpc) is 2.58. The summed E-state index contributed by atoms with van der Waals surface area (Å²) in [5, 5.41) is 3.39. The second kappa shape index (κ2) is 7.36. The zero-order valence-corrected chi connectivity index (χ0v) is 15.4. The fraction of sp³-hybridized carbons (Fsp3) is 0.350. The molecular formula is C20H24ClN3O. The molecule has 132 valence electrons. The van der Waals surface area contributed by atoms with Gasteiger partial charge in [0.1, 0.15) is 0 Å². The van der Waals surface area contributed by atoms with Crippen LogP contribution < -0.4 is 16.0 Å². The topological polar surface area (TPSA) is 58.4 Å². The van der Waals surface area contributed by atoms with E-state index < -0.39 is 0 Å². The summed E-state index contributed by atoms with van der Waals surface area (Å²) in [6, 6.07) is 11.5. The molecule has 1 amide bonds. The minimum Gasteiger partial charge on any atom is -0.397 e. The van der Waals surface area contributed by atoms with Gasteiger partial charge in [0.15, 0.2) is 0 Å². The van der Waals surface area contributed by atoms with Crippen LogP contribution >= 0.6 is 11.6 Å². The van der Waals surface area contributed by atoms with Gasteiger partial charge in [0.05, 0.1) is 22.1 Å². The Hall–Kier alpha value is -2.20. The third-order valence-electron chi connectivity index (χ3n) is 4.87. The van der Waals surface area contributed by atoms with Crippen molar-refractivity contribution in [3.05, 3.63) is 52.5 Å². The van der Waals surface area contributed by atoms with Crippen molar-refractivity contribution in [3.8, 4) is 0 Å². The molecule has 3 N–H and O–H groups in total. The van der Waals surface area contributed by atoms with Crippen molar-refractivity contribution in [3.63, 3.8) is 0 Å². The van der Waals surface area contributed by atoms with E-state index in [-0.39, 0.29) is 5.91 Å². The van der Waals surface area contributed by atoms with Crippen LogP contribution in [0.5, 0.6) is 0 Å². The van der Waals surface area contributed by atoms with Crippen molar-refractivity contribution in [2.45, 2.75) is 39.2 Å². The third kappa shape index (κ3) is 3.74. The number of nitrogen functional groups attached to an aromatic ring is 1. The first kappa shape index (κ1) is 17.6. The quantitative estimate of drug-likeness (QED) is 0.771. The maximum absolute atomic E-state index is 12.6. The summed E-state index contributed by atoms with van der Waals surface area (Å²) in [5.74, 6) is -0.164. The van der Waals surface area contributed by atoms with Crippen LogP contribution in [-0.2, 0) is 0 Å². The van der Waals surface area contributed by atoms with E-state index in [1.54, 1.807) is 6.07 Å². The highest BCUT2D eigenvalue weighted by molar-refractivity contribution is 6.34. The highest BCUT2D eigenvalue weighted by Gasteiger charge is 2.22. The van der Waals surface area contributed by atoms with E-state index in [9.17, 15) is 4.79 Å². The Bertz CT molecular complexity index is 791. The largest absolute Gasteiger partial charge is 0.397 e. The summed E-state index contributed by atoms with van der Waals surface area (Å²) in [5.41, 5.74) is 9.96. The zero-order valence-electron chi connectivity index (χ0n) is 14.7. The minimum atomic E-state index is -0.164. The van der Waals surface area contributed by atoms with Gasteiger partial charge < -0.3 is 16.0 Å². The number of halogens is 1. The number of nitrogens with one attached hydrogen (secondary N) is 1. The summed E-state index contributed by atoms with van der Waals surface area (Å²) in [7, 11) is 0. The molecule has 4 nitrogen and oxygen atoms in total. The summed E-state index contributed by atoms with van der Waals surface area (Å²) in [6.45, 7) is 5.09. The molecule has 1 unspecified atom stereocenters. The molecule has 0 radical (unpaired) electrons. The van der Waals surface area contributed by atoms with Crippen LogP contribution in [-0.4, -0.2) is 18.5 Å². The summed E-state index contributed by atoms with van der Waals surface area (Å²) in [6.07, 6.45) is 3.53. The van der Waals surface area contributed by atoms with Crippen molar-refractivity contribution in [1.82, 2.24) is 0 Å². The number of piperidine rings is 1. The van der Waals surface area contributed by atoms with Crippen LogP contribution in [0, 0.1) is 6.92 Å². The van der Waals surface area contributed by atoms with Gasteiger partial charge in [-0.3, -0.25) is 4.79 Å². The Kier molecular flexibility index (Phi) is 5.19. The number of nitrogens with two attached hydrogens (primary N) is 1. The van der Waals surface area contributed by atoms with Gasteiger partial charge in [-0.05, 0) is 56.9 Å². The second-order valence-corrected chi connectivity index (χ2v) is 7.11. The normalized spacial score (nSPS) is 17.4. The number of carbonyl (C=O) groups is 1. The number of rotatable bonds is 3. The van der Waals surface area contributed by atoms with Gasteiger partial charge in [-0.2, -0.15) is 0 Å². The van der Waals surface area contributed by atoms with Gasteiger partial charge in [-0.1, -0.05) is 29.8 Å². The first-order chi connectivity index (χ1) is 12.0. The molecule has 0 spiro atoms. The summed E-state index contributed by atoms with van der Waals surface area (Å²) >= 11 is 6.33. The number of anilines is 3. The van der Waals surface area contributed by atoms with E-state index in [1.807, 2.05) is 37.3 Å². The van der Waals surface area contributed by atoms with E-state index in [1.165, 1.54) is 6.42 Å². The Morgan fingerprint density at radius 1 is 1.28 bits per heavy atom. The smallest absolute Gasteiger partial charge is 0.255 e. The minimum absolute atomic E-state index is 0.164. The molecule has 0 aliphatic carbocycles. The lowest BCUT2D eigenvalue weighted by Gasteiger charge is -2.36. The molecule has 1 atom stereocenters. The predicted molar refractivity (Wildman–Crippen MR) is 106 cm³/mol. The Morgan fingerprint density at radius 3 is 2.76 bits per heavy atom. The predicted octanol–water partition coefficient (Wildman–Crippen LogP) is 4.86. The van der Waals surface area contributed by atoms with Gasteiger partial charge in [-0.25, -0.2) is 0 Å². The summed E-state index contributed by atoms with van der Waals surface area (Å²) < 4.78 is 0.